The quantitative estimate of drug-likeness (QED) is 0.917. The van der Waals surface area contributed by atoms with Crippen LogP contribution in [0.15, 0.2) is 30.3 Å². The second-order valence-electron chi connectivity index (χ2n) is 6.80. The van der Waals surface area contributed by atoms with Crippen LogP contribution in [0, 0.1) is 0 Å². The average Bonchev–Trinajstić information content (AvgIpc) is 2.50. The van der Waals surface area contributed by atoms with E-state index in [1.165, 1.54) is 57.4 Å². The van der Waals surface area contributed by atoms with Gasteiger partial charge in [-0.15, -0.1) is 0 Å². The standard InChI is InChI=1S/C18H29N3/c1-20-11-5-8-18(15-20)19-17-9-12-21(13-10-17)14-16-6-3-2-4-7-16/h2-4,6-7,17-19H,5,8-15H2,1H3. The number of nitrogens with zero attached hydrogens (tertiary/aromatic N) is 2. The number of likely N-dealkylation sites (tertiary alicyclic amines) is 2. The number of likely N-dealkylation sites (N-methyl/N-ethyl adjacent to an activating group) is 1. The summed E-state index contributed by atoms with van der Waals surface area (Å²) in [5.74, 6) is 0. The van der Waals surface area contributed by atoms with Gasteiger partial charge in [0.15, 0.2) is 0 Å². The topological polar surface area (TPSA) is 18.5 Å². The highest BCUT2D eigenvalue weighted by molar-refractivity contribution is 5.14. The van der Waals surface area contributed by atoms with E-state index in [9.17, 15) is 0 Å². The third-order valence-electron chi connectivity index (χ3n) is 4.93. The van der Waals surface area contributed by atoms with Crippen LogP contribution in [0.1, 0.15) is 31.2 Å². The molecule has 0 radical (unpaired) electrons. The maximum atomic E-state index is 3.90. The number of hydrogen-bond acceptors (Lipinski definition) is 3. The molecular formula is C18H29N3. The van der Waals surface area contributed by atoms with Crippen molar-refractivity contribution >= 4 is 0 Å². The zero-order valence-electron chi connectivity index (χ0n) is 13.3. The van der Waals surface area contributed by atoms with Crippen molar-refractivity contribution in [2.75, 3.05) is 33.2 Å². The minimum atomic E-state index is 0.717. The van der Waals surface area contributed by atoms with Crippen LogP contribution in [0.2, 0.25) is 0 Å². The van der Waals surface area contributed by atoms with E-state index >= 15 is 0 Å². The summed E-state index contributed by atoms with van der Waals surface area (Å²) in [6.45, 7) is 6.07. The molecule has 116 valence electrons. The Morgan fingerprint density at radius 3 is 2.48 bits per heavy atom. The molecule has 2 aliphatic rings. The van der Waals surface area contributed by atoms with E-state index in [4.69, 9.17) is 0 Å². The first kappa shape index (κ1) is 15.0. The highest BCUT2D eigenvalue weighted by atomic mass is 15.2. The zero-order chi connectivity index (χ0) is 14.5. The fourth-order valence-corrected chi connectivity index (χ4v) is 3.74. The number of benzene rings is 1. The minimum Gasteiger partial charge on any atom is -0.310 e. The molecule has 3 rings (SSSR count). The Balaban J connectivity index is 1.40. The third-order valence-corrected chi connectivity index (χ3v) is 4.93. The van der Waals surface area contributed by atoms with Crippen LogP contribution in [0.5, 0.6) is 0 Å². The predicted molar refractivity (Wildman–Crippen MR) is 88.4 cm³/mol. The van der Waals surface area contributed by atoms with Crippen molar-refractivity contribution in [3.05, 3.63) is 35.9 Å². The van der Waals surface area contributed by atoms with Gasteiger partial charge in [0.05, 0.1) is 0 Å². The molecule has 2 heterocycles. The van der Waals surface area contributed by atoms with Crippen LogP contribution in [0.25, 0.3) is 0 Å². The lowest BCUT2D eigenvalue weighted by Crippen LogP contribution is -2.51. The Labute approximate surface area is 129 Å². The van der Waals surface area contributed by atoms with Crippen LogP contribution in [-0.2, 0) is 6.54 Å². The fraction of sp³-hybridized carbons (Fsp3) is 0.667. The van der Waals surface area contributed by atoms with Crippen LogP contribution >= 0.6 is 0 Å². The second-order valence-corrected chi connectivity index (χ2v) is 6.80. The predicted octanol–water partition coefficient (Wildman–Crippen LogP) is 2.33. The van der Waals surface area contributed by atoms with Gasteiger partial charge in [-0.3, -0.25) is 4.90 Å². The second kappa shape index (κ2) is 7.39. The van der Waals surface area contributed by atoms with Gasteiger partial charge in [-0.25, -0.2) is 0 Å². The van der Waals surface area contributed by atoms with E-state index < -0.39 is 0 Å². The summed E-state index contributed by atoms with van der Waals surface area (Å²) < 4.78 is 0. The molecule has 3 heteroatoms. The normalized spacial score (nSPS) is 26.0. The smallest absolute Gasteiger partial charge is 0.0233 e. The van der Waals surface area contributed by atoms with E-state index in [0.29, 0.717) is 0 Å². The summed E-state index contributed by atoms with van der Waals surface area (Å²) >= 11 is 0. The van der Waals surface area contributed by atoms with Gasteiger partial charge in [0.1, 0.15) is 0 Å². The third kappa shape index (κ3) is 4.53. The van der Waals surface area contributed by atoms with Crippen molar-refractivity contribution in [2.45, 2.75) is 44.3 Å². The number of nitrogens with one attached hydrogen (secondary N) is 1. The molecule has 2 saturated heterocycles. The Morgan fingerprint density at radius 2 is 1.76 bits per heavy atom. The SMILES string of the molecule is CN1CCCC(NC2CCN(Cc3ccccc3)CC2)C1. The molecule has 1 N–H and O–H groups in total. The molecule has 0 bridgehead atoms. The van der Waals surface area contributed by atoms with Gasteiger partial charge in [0.25, 0.3) is 0 Å². The first-order valence-electron chi connectivity index (χ1n) is 8.50. The first-order valence-corrected chi connectivity index (χ1v) is 8.50. The van der Waals surface area contributed by atoms with E-state index in [2.05, 4.69) is 52.5 Å². The Kier molecular flexibility index (Phi) is 5.28. The molecule has 0 spiro atoms. The van der Waals surface area contributed by atoms with Crippen LogP contribution in [0.4, 0.5) is 0 Å². The summed E-state index contributed by atoms with van der Waals surface area (Å²) in [5, 5.41) is 3.90. The zero-order valence-corrected chi connectivity index (χ0v) is 13.3. The molecule has 0 saturated carbocycles. The van der Waals surface area contributed by atoms with Gasteiger partial charge in [-0.2, -0.15) is 0 Å². The average molecular weight is 287 g/mol. The van der Waals surface area contributed by atoms with E-state index in [0.717, 1.165) is 18.6 Å². The number of hydrogen-bond donors (Lipinski definition) is 1. The highest BCUT2D eigenvalue weighted by Crippen LogP contribution is 2.16. The molecule has 2 aliphatic heterocycles. The lowest BCUT2D eigenvalue weighted by Gasteiger charge is -2.37. The van der Waals surface area contributed by atoms with Crippen molar-refractivity contribution in [1.29, 1.82) is 0 Å². The molecule has 1 unspecified atom stereocenters. The molecule has 2 fully saturated rings. The Hall–Kier alpha value is -0.900. The molecule has 0 aromatic heterocycles. The molecular weight excluding hydrogens is 258 g/mol. The van der Waals surface area contributed by atoms with Crippen LogP contribution in [-0.4, -0.2) is 55.1 Å². The molecule has 0 aliphatic carbocycles. The number of rotatable bonds is 4. The van der Waals surface area contributed by atoms with Gasteiger partial charge in [0.2, 0.25) is 0 Å². The summed E-state index contributed by atoms with van der Waals surface area (Å²) in [7, 11) is 2.25. The van der Waals surface area contributed by atoms with Gasteiger partial charge < -0.3 is 10.2 Å². The Bertz CT molecular complexity index is 412. The number of piperidine rings is 2. The highest BCUT2D eigenvalue weighted by Gasteiger charge is 2.23. The monoisotopic (exact) mass is 287 g/mol. The lowest BCUT2D eigenvalue weighted by atomic mass is 10.00. The lowest BCUT2D eigenvalue weighted by molar-refractivity contribution is 0.161. The van der Waals surface area contributed by atoms with Crippen molar-refractivity contribution in [1.82, 2.24) is 15.1 Å². The maximum absolute atomic E-state index is 3.90. The van der Waals surface area contributed by atoms with E-state index in [1.807, 2.05) is 0 Å². The molecule has 0 amide bonds. The van der Waals surface area contributed by atoms with Crippen molar-refractivity contribution in [3.8, 4) is 0 Å². The molecule has 1 atom stereocenters. The fourth-order valence-electron chi connectivity index (χ4n) is 3.74. The summed E-state index contributed by atoms with van der Waals surface area (Å²) in [6, 6.07) is 12.3. The Morgan fingerprint density at radius 1 is 1.00 bits per heavy atom. The molecule has 3 nitrogen and oxygen atoms in total. The van der Waals surface area contributed by atoms with Crippen molar-refractivity contribution in [2.24, 2.45) is 0 Å². The van der Waals surface area contributed by atoms with Gasteiger partial charge >= 0.3 is 0 Å². The van der Waals surface area contributed by atoms with Crippen molar-refractivity contribution in [3.63, 3.8) is 0 Å². The summed E-state index contributed by atoms with van der Waals surface area (Å²) in [6.07, 6.45) is 5.30. The van der Waals surface area contributed by atoms with Crippen LogP contribution in [0.3, 0.4) is 0 Å². The van der Waals surface area contributed by atoms with Gasteiger partial charge in [-0.1, -0.05) is 30.3 Å². The minimum absolute atomic E-state index is 0.717. The van der Waals surface area contributed by atoms with Gasteiger partial charge in [-0.05, 0) is 57.9 Å². The summed E-state index contributed by atoms with van der Waals surface area (Å²) in [5.41, 5.74) is 1.44. The van der Waals surface area contributed by atoms with E-state index in [-0.39, 0.29) is 0 Å². The first-order chi connectivity index (χ1) is 10.3. The van der Waals surface area contributed by atoms with Gasteiger partial charge in [0, 0.05) is 25.2 Å². The van der Waals surface area contributed by atoms with Crippen LogP contribution < -0.4 is 5.32 Å². The largest absolute Gasteiger partial charge is 0.310 e. The van der Waals surface area contributed by atoms with E-state index in [1.54, 1.807) is 0 Å². The maximum Gasteiger partial charge on any atom is 0.0233 e. The molecule has 21 heavy (non-hydrogen) atoms. The summed E-state index contributed by atoms with van der Waals surface area (Å²) in [4.78, 5) is 5.06. The molecule has 1 aromatic rings. The molecule has 1 aromatic carbocycles. The van der Waals surface area contributed by atoms with Crippen molar-refractivity contribution < 1.29 is 0 Å².